The molecule has 2 aromatic rings. The Balaban J connectivity index is 2.36. The lowest BCUT2D eigenvalue weighted by atomic mass is 10.1. The number of ether oxygens (including phenoxy) is 1. The fraction of sp³-hybridized carbons (Fsp3) is 0.200. The quantitative estimate of drug-likeness (QED) is 0.851. The topological polar surface area (TPSA) is 81.4 Å². The van der Waals surface area contributed by atoms with E-state index in [0.29, 0.717) is 11.5 Å². The maximum atomic E-state index is 11.7. The van der Waals surface area contributed by atoms with Crippen molar-refractivity contribution in [1.29, 1.82) is 0 Å². The largest absolute Gasteiger partial charge is 0.455 e. The van der Waals surface area contributed by atoms with E-state index in [1.807, 2.05) is 32.0 Å². The van der Waals surface area contributed by atoms with Crippen LogP contribution in [0.2, 0.25) is 0 Å². The van der Waals surface area contributed by atoms with E-state index in [2.05, 4.69) is 4.72 Å². The fourth-order valence-electron chi connectivity index (χ4n) is 1.84. The Labute approximate surface area is 124 Å². The Morgan fingerprint density at radius 1 is 1.05 bits per heavy atom. The lowest BCUT2D eigenvalue weighted by molar-refractivity contribution is 0.480. The first-order valence-corrected chi connectivity index (χ1v) is 7.90. The molecular weight excluding hydrogens is 288 g/mol. The molecule has 0 aliphatic heterocycles. The molecule has 112 valence electrons. The second-order valence-corrected chi connectivity index (χ2v) is 6.66. The van der Waals surface area contributed by atoms with E-state index in [1.54, 1.807) is 6.07 Å². The van der Waals surface area contributed by atoms with Crippen molar-refractivity contribution in [2.45, 2.75) is 18.7 Å². The fourth-order valence-corrected chi connectivity index (χ4v) is 2.61. The van der Waals surface area contributed by atoms with Crippen LogP contribution in [0, 0.1) is 13.8 Å². The van der Waals surface area contributed by atoms with E-state index in [0.717, 1.165) is 11.1 Å². The lowest BCUT2D eigenvalue weighted by Gasteiger charge is -2.12. The minimum absolute atomic E-state index is 0.107. The number of aryl methyl sites for hydroxylation is 2. The van der Waals surface area contributed by atoms with Gasteiger partial charge in [0.2, 0.25) is 10.0 Å². The Morgan fingerprint density at radius 2 is 1.76 bits per heavy atom. The van der Waals surface area contributed by atoms with Gasteiger partial charge in [0.1, 0.15) is 11.5 Å². The zero-order valence-electron chi connectivity index (χ0n) is 12.2. The number of hydrogen-bond donors (Lipinski definition) is 2. The molecule has 0 fully saturated rings. The van der Waals surface area contributed by atoms with Gasteiger partial charge in [-0.15, -0.1) is 0 Å². The minimum atomic E-state index is -3.51. The highest BCUT2D eigenvalue weighted by atomic mass is 32.2. The van der Waals surface area contributed by atoms with Crippen LogP contribution in [0.25, 0.3) is 0 Å². The van der Waals surface area contributed by atoms with Crippen LogP contribution in [-0.2, 0) is 10.0 Å². The molecule has 0 spiro atoms. The van der Waals surface area contributed by atoms with Gasteiger partial charge in [-0.2, -0.15) is 0 Å². The number of sulfonamides is 1. The van der Waals surface area contributed by atoms with E-state index < -0.39 is 10.0 Å². The van der Waals surface area contributed by atoms with Crippen LogP contribution in [0.3, 0.4) is 0 Å². The van der Waals surface area contributed by atoms with Gasteiger partial charge < -0.3 is 10.5 Å². The van der Waals surface area contributed by atoms with Crippen LogP contribution in [-0.4, -0.2) is 15.5 Å². The maximum Gasteiger partial charge on any atom is 0.240 e. The van der Waals surface area contributed by atoms with Gasteiger partial charge in [-0.05, 0) is 56.3 Å². The van der Waals surface area contributed by atoms with Crippen LogP contribution in [0.15, 0.2) is 41.3 Å². The second kappa shape index (κ2) is 5.75. The maximum absolute atomic E-state index is 11.7. The molecule has 0 radical (unpaired) electrons. The van der Waals surface area contributed by atoms with E-state index in [4.69, 9.17) is 10.5 Å². The number of nitrogens with two attached hydrogens (primary N) is 1. The zero-order valence-corrected chi connectivity index (χ0v) is 13.0. The number of rotatable bonds is 4. The van der Waals surface area contributed by atoms with Crippen molar-refractivity contribution in [2.24, 2.45) is 0 Å². The monoisotopic (exact) mass is 306 g/mol. The van der Waals surface area contributed by atoms with Crippen molar-refractivity contribution >= 4 is 15.7 Å². The van der Waals surface area contributed by atoms with Gasteiger partial charge in [0.15, 0.2) is 0 Å². The lowest BCUT2D eigenvalue weighted by Crippen LogP contribution is -2.18. The molecule has 0 unspecified atom stereocenters. The molecule has 0 aromatic heterocycles. The molecule has 0 saturated heterocycles. The summed E-state index contributed by atoms with van der Waals surface area (Å²) < 4.78 is 31.5. The van der Waals surface area contributed by atoms with Crippen molar-refractivity contribution < 1.29 is 13.2 Å². The Kier molecular flexibility index (Phi) is 4.20. The van der Waals surface area contributed by atoms with Crippen molar-refractivity contribution in [2.75, 3.05) is 12.8 Å². The number of hydrogen-bond acceptors (Lipinski definition) is 4. The van der Waals surface area contributed by atoms with Crippen LogP contribution in [0.5, 0.6) is 11.5 Å². The first-order chi connectivity index (χ1) is 9.83. The molecule has 6 heteroatoms. The third kappa shape index (κ3) is 3.34. The van der Waals surface area contributed by atoms with Crippen molar-refractivity contribution in [3.05, 3.63) is 47.5 Å². The van der Waals surface area contributed by atoms with Gasteiger partial charge in [-0.25, -0.2) is 13.1 Å². The Bertz CT molecular complexity index is 770. The summed E-state index contributed by atoms with van der Waals surface area (Å²) in [6.07, 6.45) is 0. The molecule has 2 rings (SSSR count). The second-order valence-electron chi connectivity index (χ2n) is 4.78. The van der Waals surface area contributed by atoms with Crippen molar-refractivity contribution in [1.82, 2.24) is 4.72 Å². The third-order valence-corrected chi connectivity index (χ3v) is 4.54. The predicted molar refractivity (Wildman–Crippen MR) is 83.1 cm³/mol. The molecule has 3 N–H and O–H groups in total. The SMILES string of the molecule is CNS(=O)(=O)c1ccc(Oc2cc(C)ccc2C)c(N)c1. The molecule has 0 aliphatic carbocycles. The molecule has 0 atom stereocenters. The summed E-state index contributed by atoms with van der Waals surface area (Å²) >= 11 is 0. The average molecular weight is 306 g/mol. The van der Waals surface area contributed by atoms with Gasteiger partial charge in [-0.1, -0.05) is 12.1 Å². The summed E-state index contributed by atoms with van der Waals surface area (Å²) in [4.78, 5) is 0.107. The van der Waals surface area contributed by atoms with Crippen LogP contribution in [0.4, 0.5) is 5.69 Å². The summed E-state index contributed by atoms with van der Waals surface area (Å²) in [5.74, 6) is 1.13. The Morgan fingerprint density at radius 3 is 2.38 bits per heavy atom. The number of nitrogen functional groups attached to an aromatic ring is 1. The number of benzene rings is 2. The average Bonchev–Trinajstić information content (AvgIpc) is 2.44. The van der Waals surface area contributed by atoms with Crippen LogP contribution < -0.4 is 15.2 Å². The molecule has 5 nitrogen and oxygen atoms in total. The van der Waals surface area contributed by atoms with Gasteiger partial charge in [0.25, 0.3) is 0 Å². The normalized spacial score (nSPS) is 11.4. The standard InChI is InChI=1S/C15H18N2O3S/c1-10-4-5-11(2)15(8-10)20-14-7-6-12(9-13(14)16)21(18,19)17-3/h4-9,17H,16H2,1-3H3. The molecule has 0 amide bonds. The summed E-state index contributed by atoms with van der Waals surface area (Å²) in [5.41, 5.74) is 8.21. The summed E-state index contributed by atoms with van der Waals surface area (Å²) in [7, 11) is -2.16. The highest BCUT2D eigenvalue weighted by Gasteiger charge is 2.14. The predicted octanol–water partition coefficient (Wildman–Crippen LogP) is 2.59. The first kappa shape index (κ1) is 15.3. The number of anilines is 1. The summed E-state index contributed by atoms with van der Waals surface area (Å²) in [5, 5.41) is 0. The van der Waals surface area contributed by atoms with Crippen LogP contribution >= 0.6 is 0 Å². The summed E-state index contributed by atoms with van der Waals surface area (Å²) in [6, 6.07) is 10.3. The van der Waals surface area contributed by atoms with E-state index in [9.17, 15) is 8.42 Å². The van der Waals surface area contributed by atoms with E-state index in [-0.39, 0.29) is 10.6 Å². The van der Waals surface area contributed by atoms with Crippen LogP contribution in [0.1, 0.15) is 11.1 Å². The molecule has 0 aliphatic rings. The van der Waals surface area contributed by atoms with Gasteiger partial charge in [0.05, 0.1) is 10.6 Å². The van der Waals surface area contributed by atoms with Crippen molar-refractivity contribution in [3.63, 3.8) is 0 Å². The molecule has 0 bridgehead atoms. The molecule has 0 saturated carbocycles. The minimum Gasteiger partial charge on any atom is -0.455 e. The molecule has 0 heterocycles. The summed E-state index contributed by atoms with van der Waals surface area (Å²) in [6.45, 7) is 3.91. The smallest absolute Gasteiger partial charge is 0.240 e. The molecule has 2 aromatic carbocycles. The molecule has 21 heavy (non-hydrogen) atoms. The zero-order chi connectivity index (χ0) is 15.6. The number of nitrogens with one attached hydrogen (secondary N) is 1. The third-order valence-electron chi connectivity index (χ3n) is 3.12. The highest BCUT2D eigenvalue weighted by molar-refractivity contribution is 7.89. The van der Waals surface area contributed by atoms with E-state index >= 15 is 0 Å². The Hall–Kier alpha value is -2.05. The van der Waals surface area contributed by atoms with Gasteiger partial charge in [-0.3, -0.25) is 0 Å². The molecular formula is C15H18N2O3S. The highest BCUT2D eigenvalue weighted by Crippen LogP contribution is 2.31. The van der Waals surface area contributed by atoms with E-state index in [1.165, 1.54) is 19.2 Å². The van der Waals surface area contributed by atoms with Crippen molar-refractivity contribution in [3.8, 4) is 11.5 Å². The van der Waals surface area contributed by atoms with Gasteiger partial charge in [0, 0.05) is 0 Å². The van der Waals surface area contributed by atoms with Gasteiger partial charge >= 0.3 is 0 Å². The first-order valence-electron chi connectivity index (χ1n) is 6.41.